The zero-order valence-corrected chi connectivity index (χ0v) is 13.3. The van der Waals surface area contributed by atoms with Crippen LogP contribution < -0.4 is 15.0 Å². The fourth-order valence-electron chi connectivity index (χ4n) is 3.08. The van der Waals surface area contributed by atoms with Crippen LogP contribution in [0.2, 0.25) is 0 Å². The molecule has 6 nitrogen and oxygen atoms in total. The van der Waals surface area contributed by atoms with E-state index in [1.54, 1.807) is 12.0 Å². The van der Waals surface area contributed by atoms with Crippen LogP contribution in [0, 0.1) is 5.92 Å². The summed E-state index contributed by atoms with van der Waals surface area (Å²) in [6.45, 7) is 1.81. The van der Waals surface area contributed by atoms with Crippen LogP contribution in [0.1, 0.15) is 19.3 Å². The molecule has 2 fully saturated rings. The van der Waals surface area contributed by atoms with Crippen molar-refractivity contribution in [3.63, 3.8) is 0 Å². The van der Waals surface area contributed by atoms with Crippen molar-refractivity contribution in [2.45, 2.75) is 25.4 Å². The lowest BCUT2D eigenvalue weighted by Gasteiger charge is -2.17. The summed E-state index contributed by atoms with van der Waals surface area (Å²) >= 11 is 0. The van der Waals surface area contributed by atoms with Gasteiger partial charge in [0.2, 0.25) is 11.8 Å². The Balaban J connectivity index is 1.57. The normalized spacial score (nSPS) is 24.0. The monoisotopic (exact) mass is 318 g/mol. The van der Waals surface area contributed by atoms with Crippen LogP contribution in [0.3, 0.4) is 0 Å². The number of ether oxygens (including phenoxy) is 2. The van der Waals surface area contributed by atoms with Gasteiger partial charge in [0.05, 0.1) is 13.2 Å². The summed E-state index contributed by atoms with van der Waals surface area (Å²) in [4.78, 5) is 26.4. The summed E-state index contributed by atoms with van der Waals surface area (Å²) in [5.74, 6) is -0.189. The summed E-state index contributed by atoms with van der Waals surface area (Å²) < 4.78 is 10.6. The molecule has 2 heterocycles. The van der Waals surface area contributed by atoms with Crippen molar-refractivity contribution >= 4 is 17.5 Å². The van der Waals surface area contributed by atoms with E-state index in [0.717, 1.165) is 30.9 Å². The zero-order chi connectivity index (χ0) is 16.2. The summed E-state index contributed by atoms with van der Waals surface area (Å²) in [5, 5.41) is 2.86. The number of amides is 2. The van der Waals surface area contributed by atoms with Crippen LogP contribution in [-0.4, -0.2) is 44.7 Å². The fraction of sp³-hybridized carbons (Fsp3) is 0.529. The number of benzene rings is 1. The second-order valence-corrected chi connectivity index (χ2v) is 5.91. The minimum absolute atomic E-state index is 0.0909. The lowest BCUT2D eigenvalue weighted by atomic mass is 10.1. The molecule has 124 valence electrons. The van der Waals surface area contributed by atoms with Crippen molar-refractivity contribution in [3.05, 3.63) is 24.3 Å². The number of hydrogen-bond acceptors (Lipinski definition) is 4. The Morgan fingerprint density at radius 2 is 2.13 bits per heavy atom. The molecule has 0 aliphatic carbocycles. The van der Waals surface area contributed by atoms with Gasteiger partial charge in [0, 0.05) is 25.4 Å². The predicted octanol–water partition coefficient (Wildman–Crippen LogP) is 1.34. The topological polar surface area (TPSA) is 67.9 Å². The second kappa shape index (κ2) is 7.00. The zero-order valence-electron chi connectivity index (χ0n) is 13.3. The van der Waals surface area contributed by atoms with Crippen molar-refractivity contribution in [2.24, 2.45) is 5.92 Å². The van der Waals surface area contributed by atoms with Gasteiger partial charge < -0.3 is 19.7 Å². The van der Waals surface area contributed by atoms with Crippen LogP contribution in [0.5, 0.6) is 5.75 Å². The Labute approximate surface area is 135 Å². The average Bonchev–Trinajstić information content (AvgIpc) is 3.22. The van der Waals surface area contributed by atoms with Crippen LogP contribution in [0.25, 0.3) is 0 Å². The minimum atomic E-state index is -0.599. The maximum absolute atomic E-state index is 12.5. The molecular formula is C17H22N2O4. The Morgan fingerprint density at radius 3 is 2.78 bits per heavy atom. The minimum Gasteiger partial charge on any atom is -0.497 e. The third kappa shape index (κ3) is 3.47. The van der Waals surface area contributed by atoms with Gasteiger partial charge >= 0.3 is 0 Å². The molecule has 2 aliphatic rings. The second-order valence-electron chi connectivity index (χ2n) is 5.91. The molecule has 1 N–H and O–H groups in total. The van der Waals surface area contributed by atoms with Crippen LogP contribution in [0.15, 0.2) is 24.3 Å². The number of hydrogen-bond donors (Lipinski definition) is 1. The van der Waals surface area contributed by atoms with E-state index in [-0.39, 0.29) is 17.9 Å². The maximum Gasteiger partial charge on any atom is 0.239 e. The standard InChI is InChI=1S/C17H22N2O4/c1-22-13-6-4-12(5-7-13)19-9-8-15(17(19)21)16(20)18-11-14-3-2-10-23-14/h4-7,14-15H,2-3,8-11H2,1H3,(H,18,20)/t14-,15+/m1/s1. The first kappa shape index (κ1) is 15.8. The highest BCUT2D eigenvalue weighted by molar-refractivity contribution is 6.09. The van der Waals surface area contributed by atoms with Gasteiger partial charge in [0.15, 0.2) is 0 Å². The first-order chi connectivity index (χ1) is 11.2. The number of carbonyl (C=O) groups is 2. The summed E-state index contributed by atoms with van der Waals surface area (Å²) in [5.41, 5.74) is 0.797. The molecule has 0 unspecified atom stereocenters. The third-order valence-corrected chi connectivity index (χ3v) is 4.43. The number of methoxy groups -OCH3 is 1. The molecule has 6 heteroatoms. The van der Waals surface area contributed by atoms with Gasteiger partial charge in [-0.2, -0.15) is 0 Å². The van der Waals surface area contributed by atoms with Gasteiger partial charge in [0.25, 0.3) is 0 Å². The predicted molar refractivity (Wildman–Crippen MR) is 85.4 cm³/mol. The molecule has 3 rings (SSSR count). The number of nitrogens with zero attached hydrogens (tertiary/aromatic N) is 1. The van der Waals surface area contributed by atoms with E-state index >= 15 is 0 Å². The fourth-order valence-corrected chi connectivity index (χ4v) is 3.08. The quantitative estimate of drug-likeness (QED) is 0.832. The van der Waals surface area contributed by atoms with E-state index < -0.39 is 5.92 Å². The Bertz CT molecular complexity index is 566. The largest absolute Gasteiger partial charge is 0.497 e. The van der Waals surface area contributed by atoms with Gasteiger partial charge in [-0.05, 0) is 43.5 Å². The SMILES string of the molecule is COc1ccc(N2CC[C@@H](C(=O)NC[C@H]3CCCO3)C2=O)cc1. The van der Waals surface area contributed by atoms with Gasteiger partial charge in [-0.25, -0.2) is 0 Å². The average molecular weight is 318 g/mol. The molecule has 23 heavy (non-hydrogen) atoms. The molecular weight excluding hydrogens is 296 g/mol. The van der Waals surface area contributed by atoms with E-state index in [9.17, 15) is 9.59 Å². The Morgan fingerprint density at radius 1 is 1.35 bits per heavy atom. The molecule has 0 bridgehead atoms. The van der Waals surface area contributed by atoms with Gasteiger partial charge in [0.1, 0.15) is 11.7 Å². The van der Waals surface area contributed by atoms with Gasteiger partial charge in [-0.1, -0.05) is 0 Å². The van der Waals surface area contributed by atoms with Crippen molar-refractivity contribution in [1.29, 1.82) is 0 Å². The molecule has 0 radical (unpaired) electrons. The van der Waals surface area contributed by atoms with Gasteiger partial charge in [-0.15, -0.1) is 0 Å². The highest BCUT2D eigenvalue weighted by Gasteiger charge is 2.37. The van der Waals surface area contributed by atoms with Crippen LogP contribution in [-0.2, 0) is 14.3 Å². The first-order valence-electron chi connectivity index (χ1n) is 8.04. The third-order valence-electron chi connectivity index (χ3n) is 4.43. The van der Waals surface area contributed by atoms with E-state index in [0.29, 0.717) is 19.5 Å². The Hall–Kier alpha value is -2.08. The van der Waals surface area contributed by atoms with Crippen molar-refractivity contribution < 1.29 is 19.1 Å². The van der Waals surface area contributed by atoms with E-state index in [1.807, 2.05) is 24.3 Å². The van der Waals surface area contributed by atoms with Crippen molar-refractivity contribution in [2.75, 3.05) is 31.7 Å². The summed E-state index contributed by atoms with van der Waals surface area (Å²) in [6, 6.07) is 7.30. The molecule has 0 spiro atoms. The molecule has 2 amide bonds. The van der Waals surface area contributed by atoms with E-state index in [2.05, 4.69) is 5.32 Å². The smallest absolute Gasteiger partial charge is 0.239 e. The highest BCUT2D eigenvalue weighted by Crippen LogP contribution is 2.27. The number of rotatable bonds is 5. The number of carbonyl (C=O) groups excluding carboxylic acids is 2. The van der Waals surface area contributed by atoms with Gasteiger partial charge in [-0.3, -0.25) is 9.59 Å². The van der Waals surface area contributed by atoms with Crippen molar-refractivity contribution in [3.8, 4) is 5.75 Å². The first-order valence-corrected chi connectivity index (χ1v) is 8.04. The maximum atomic E-state index is 12.5. The summed E-state index contributed by atoms with van der Waals surface area (Å²) in [6.07, 6.45) is 2.64. The van der Waals surface area contributed by atoms with E-state index in [1.165, 1.54) is 0 Å². The Kier molecular flexibility index (Phi) is 4.81. The number of anilines is 1. The molecule has 2 aliphatic heterocycles. The molecule has 2 saturated heterocycles. The number of nitrogens with one attached hydrogen (secondary N) is 1. The molecule has 0 saturated carbocycles. The van der Waals surface area contributed by atoms with Crippen LogP contribution in [0.4, 0.5) is 5.69 Å². The molecule has 1 aromatic rings. The van der Waals surface area contributed by atoms with Crippen molar-refractivity contribution in [1.82, 2.24) is 5.32 Å². The molecule has 1 aromatic carbocycles. The molecule has 2 atom stereocenters. The van der Waals surface area contributed by atoms with Crippen LogP contribution >= 0.6 is 0 Å². The summed E-state index contributed by atoms with van der Waals surface area (Å²) in [7, 11) is 1.60. The lowest BCUT2D eigenvalue weighted by molar-refractivity contribution is -0.132. The molecule has 0 aromatic heterocycles. The highest BCUT2D eigenvalue weighted by atomic mass is 16.5. The lowest BCUT2D eigenvalue weighted by Crippen LogP contribution is -2.39. The van der Waals surface area contributed by atoms with E-state index in [4.69, 9.17) is 9.47 Å².